The minimum atomic E-state index is -0.879. The molecule has 0 spiro atoms. The van der Waals surface area contributed by atoms with Crippen LogP contribution in [0.3, 0.4) is 0 Å². The summed E-state index contributed by atoms with van der Waals surface area (Å²) in [6.07, 6.45) is 1.37. The Morgan fingerprint density at radius 3 is 2.00 bits per heavy atom. The molecule has 1 aliphatic carbocycles. The van der Waals surface area contributed by atoms with E-state index in [-0.39, 0.29) is 5.56 Å². The fraction of sp³-hybridized carbons (Fsp3) is 0.400. The van der Waals surface area contributed by atoms with Gasteiger partial charge in [-0.1, -0.05) is 0 Å². The summed E-state index contributed by atoms with van der Waals surface area (Å²) in [5, 5.41) is 2.87. The fourth-order valence-corrected chi connectivity index (χ4v) is 1.75. The summed E-state index contributed by atoms with van der Waals surface area (Å²) < 4.78 is 39.2. The highest BCUT2D eigenvalue weighted by atomic mass is 19.1. The number of rotatable bonds is 2. The molecule has 14 heavy (non-hydrogen) atoms. The molecule has 0 amide bonds. The predicted molar refractivity (Wildman–Crippen MR) is 46.3 cm³/mol. The van der Waals surface area contributed by atoms with Crippen LogP contribution in [-0.4, -0.2) is 7.05 Å². The largest absolute Gasteiger partial charge is 0.310 e. The second kappa shape index (κ2) is 2.98. The van der Waals surface area contributed by atoms with Crippen LogP contribution in [0.5, 0.6) is 0 Å². The third-order valence-corrected chi connectivity index (χ3v) is 2.71. The van der Waals surface area contributed by atoms with E-state index < -0.39 is 23.0 Å². The lowest BCUT2D eigenvalue weighted by atomic mass is 10.0. The predicted octanol–water partition coefficient (Wildman–Crippen LogP) is 2.31. The lowest BCUT2D eigenvalue weighted by Gasteiger charge is -2.16. The fourth-order valence-electron chi connectivity index (χ4n) is 1.75. The van der Waals surface area contributed by atoms with E-state index in [0.29, 0.717) is 12.8 Å². The van der Waals surface area contributed by atoms with Crippen LogP contribution in [0.1, 0.15) is 18.4 Å². The summed E-state index contributed by atoms with van der Waals surface area (Å²) in [6.45, 7) is 0. The lowest BCUT2D eigenvalue weighted by Crippen LogP contribution is -2.27. The number of hydrogen-bond acceptors (Lipinski definition) is 1. The maximum absolute atomic E-state index is 13.3. The molecule has 2 rings (SSSR count). The topological polar surface area (TPSA) is 12.0 Å². The first-order valence-electron chi connectivity index (χ1n) is 4.43. The van der Waals surface area contributed by atoms with Crippen LogP contribution in [0.4, 0.5) is 13.2 Å². The Hall–Kier alpha value is -1.03. The molecule has 0 aliphatic heterocycles. The van der Waals surface area contributed by atoms with Crippen molar-refractivity contribution in [2.45, 2.75) is 18.4 Å². The van der Waals surface area contributed by atoms with Crippen molar-refractivity contribution >= 4 is 0 Å². The molecule has 4 heteroatoms. The lowest BCUT2D eigenvalue weighted by molar-refractivity contribution is 0.467. The van der Waals surface area contributed by atoms with Gasteiger partial charge in [0.25, 0.3) is 0 Å². The Bertz CT molecular complexity index is 349. The highest BCUT2D eigenvalue weighted by Crippen LogP contribution is 2.47. The Morgan fingerprint density at radius 1 is 1.14 bits per heavy atom. The number of halogens is 3. The third kappa shape index (κ3) is 1.30. The van der Waals surface area contributed by atoms with E-state index in [1.54, 1.807) is 7.05 Å². The van der Waals surface area contributed by atoms with E-state index >= 15 is 0 Å². The molecule has 1 aliphatic rings. The Balaban J connectivity index is 2.53. The summed E-state index contributed by atoms with van der Waals surface area (Å²) in [6, 6.07) is 1.44. The molecule has 1 saturated carbocycles. The quantitative estimate of drug-likeness (QED) is 0.774. The first-order chi connectivity index (χ1) is 6.59. The summed E-state index contributed by atoms with van der Waals surface area (Å²) in [7, 11) is 1.65. The van der Waals surface area contributed by atoms with E-state index in [2.05, 4.69) is 5.32 Å². The molecule has 0 saturated heterocycles. The average molecular weight is 201 g/mol. The van der Waals surface area contributed by atoms with Gasteiger partial charge in [-0.15, -0.1) is 0 Å². The van der Waals surface area contributed by atoms with Gasteiger partial charge >= 0.3 is 0 Å². The zero-order chi connectivity index (χ0) is 10.3. The SMILES string of the molecule is CNC1(c2c(F)cc(F)cc2F)CC1. The second-order valence-corrected chi connectivity index (χ2v) is 3.58. The molecule has 1 nitrogen and oxygen atoms in total. The molecule has 1 aromatic rings. The van der Waals surface area contributed by atoms with Crippen molar-refractivity contribution in [3.05, 3.63) is 35.1 Å². The summed E-state index contributed by atoms with van der Waals surface area (Å²) in [5.41, 5.74) is -0.650. The van der Waals surface area contributed by atoms with Gasteiger partial charge in [0.05, 0.1) is 0 Å². The van der Waals surface area contributed by atoms with E-state index in [4.69, 9.17) is 0 Å². The molecule has 0 atom stereocenters. The molecule has 0 unspecified atom stereocenters. The van der Waals surface area contributed by atoms with Crippen LogP contribution in [0.15, 0.2) is 12.1 Å². The zero-order valence-corrected chi connectivity index (χ0v) is 7.70. The number of benzene rings is 1. The minimum Gasteiger partial charge on any atom is -0.310 e. The van der Waals surface area contributed by atoms with Crippen molar-refractivity contribution in [3.8, 4) is 0 Å². The third-order valence-electron chi connectivity index (χ3n) is 2.71. The Labute approximate surface area is 79.9 Å². The van der Waals surface area contributed by atoms with Crippen molar-refractivity contribution in [2.75, 3.05) is 7.05 Å². The van der Waals surface area contributed by atoms with Crippen LogP contribution in [-0.2, 0) is 5.54 Å². The van der Waals surface area contributed by atoms with Gasteiger partial charge in [0.2, 0.25) is 0 Å². The smallest absolute Gasteiger partial charge is 0.134 e. The standard InChI is InChI=1S/C10H10F3N/c1-14-10(2-3-10)9-7(12)4-6(11)5-8(9)13/h4-5,14H,2-3H2,1H3. The molecule has 0 bridgehead atoms. The van der Waals surface area contributed by atoms with Crippen molar-refractivity contribution < 1.29 is 13.2 Å². The van der Waals surface area contributed by atoms with Crippen LogP contribution in [0, 0.1) is 17.5 Å². The van der Waals surface area contributed by atoms with E-state index in [1.807, 2.05) is 0 Å². The van der Waals surface area contributed by atoms with Gasteiger partial charge in [-0.25, -0.2) is 13.2 Å². The van der Waals surface area contributed by atoms with Gasteiger partial charge in [0.1, 0.15) is 17.5 Å². The minimum absolute atomic E-state index is 0.0404. The van der Waals surface area contributed by atoms with Crippen LogP contribution < -0.4 is 5.32 Å². The Kier molecular flexibility index (Phi) is 2.03. The first kappa shape index (κ1) is 9.52. The summed E-state index contributed by atoms with van der Waals surface area (Å²) >= 11 is 0. The van der Waals surface area contributed by atoms with Gasteiger partial charge < -0.3 is 5.32 Å². The van der Waals surface area contributed by atoms with E-state index in [9.17, 15) is 13.2 Å². The van der Waals surface area contributed by atoms with Crippen molar-refractivity contribution in [2.24, 2.45) is 0 Å². The highest BCUT2D eigenvalue weighted by Gasteiger charge is 2.46. The maximum atomic E-state index is 13.3. The van der Waals surface area contributed by atoms with Crippen molar-refractivity contribution in [1.82, 2.24) is 5.32 Å². The molecule has 1 aromatic carbocycles. The normalized spacial score (nSPS) is 18.3. The summed E-state index contributed by atoms with van der Waals surface area (Å²) in [4.78, 5) is 0. The van der Waals surface area contributed by atoms with Crippen LogP contribution >= 0.6 is 0 Å². The monoisotopic (exact) mass is 201 g/mol. The van der Waals surface area contributed by atoms with Crippen molar-refractivity contribution in [1.29, 1.82) is 0 Å². The molecule has 76 valence electrons. The maximum Gasteiger partial charge on any atom is 0.134 e. The van der Waals surface area contributed by atoms with Gasteiger partial charge in [-0.3, -0.25) is 0 Å². The van der Waals surface area contributed by atoms with Gasteiger partial charge in [0.15, 0.2) is 0 Å². The molecule has 0 heterocycles. The Morgan fingerprint density at radius 2 is 1.64 bits per heavy atom. The molecular weight excluding hydrogens is 191 g/mol. The van der Waals surface area contributed by atoms with Crippen LogP contribution in [0.25, 0.3) is 0 Å². The first-order valence-corrected chi connectivity index (χ1v) is 4.43. The molecule has 0 aromatic heterocycles. The average Bonchev–Trinajstić information content (AvgIpc) is 2.83. The number of hydrogen-bond donors (Lipinski definition) is 1. The van der Waals surface area contributed by atoms with Crippen LogP contribution in [0.2, 0.25) is 0 Å². The van der Waals surface area contributed by atoms with Gasteiger partial charge in [-0.2, -0.15) is 0 Å². The van der Waals surface area contributed by atoms with E-state index in [1.165, 1.54) is 0 Å². The second-order valence-electron chi connectivity index (χ2n) is 3.58. The number of nitrogens with one attached hydrogen (secondary N) is 1. The summed E-state index contributed by atoms with van der Waals surface area (Å²) in [5.74, 6) is -2.50. The molecule has 0 radical (unpaired) electrons. The van der Waals surface area contributed by atoms with E-state index in [0.717, 1.165) is 12.1 Å². The molecular formula is C10H10F3N. The molecule has 1 N–H and O–H groups in total. The highest BCUT2D eigenvalue weighted by molar-refractivity contribution is 5.33. The van der Waals surface area contributed by atoms with Crippen molar-refractivity contribution in [3.63, 3.8) is 0 Å². The zero-order valence-electron chi connectivity index (χ0n) is 7.70. The van der Waals surface area contributed by atoms with Gasteiger partial charge in [-0.05, 0) is 19.9 Å². The van der Waals surface area contributed by atoms with Gasteiger partial charge in [0, 0.05) is 23.2 Å². The molecule has 1 fully saturated rings.